The second kappa shape index (κ2) is 17.9. The number of hydrogen-bond donors (Lipinski definition) is 0. The van der Waals surface area contributed by atoms with Gasteiger partial charge < -0.3 is 19.1 Å². The monoisotopic (exact) mass is 1030 g/mol. The fourth-order valence-electron chi connectivity index (χ4n) is 9.40. The van der Waals surface area contributed by atoms with Crippen LogP contribution in [0.25, 0.3) is 44.2 Å². The number of amides is 2. The van der Waals surface area contributed by atoms with E-state index in [9.17, 15) is 14.0 Å². The molecular formula is C52H46BBrF2N12O4. The van der Waals surface area contributed by atoms with Crippen LogP contribution in [0.1, 0.15) is 70.9 Å². The molecular weight excluding hydrogens is 985 g/mol. The molecule has 10 aromatic rings. The zero-order valence-corrected chi connectivity index (χ0v) is 41.7. The van der Waals surface area contributed by atoms with E-state index in [0.717, 1.165) is 49.5 Å². The van der Waals surface area contributed by atoms with Crippen LogP contribution in [-0.2, 0) is 49.6 Å². The van der Waals surface area contributed by atoms with Gasteiger partial charge in [-0.25, -0.2) is 8.78 Å². The minimum absolute atomic E-state index is 0.136. The molecule has 20 heteroatoms. The van der Waals surface area contributed by atoms with Crippen molar-refractivity contribution in [2.45, 2.75) is 65.1 Å². The second-order valence-corrected chi connectivity index (χ2v) is 20.0. The van der Waals surface area contributed by atoms with Crippen molar-refractivity contribution in [1.29, 1.82) is 0 Å². The van der Waals surface area contributed by atoms with Gasteiger partial charge in [0.1, 0.15) is 35.7 Å². The molecule has 0 unspecified atom stereocenters. The number of hydrogen-bond acceptors (Lipinski definition) is 10. The van der Waals surface area contributed by atoms with Crippen molar-refractivity contribution in [1.82, 2.24) is 58.6 Å². The van der Waals surface area contributed by atoms with Crippen molar-refractivity contribution in [2.24, 2.45) is 14.1 Å². The Kier molecular flexibility index (Phi) is 11.6. The zero-order chi connectivity index (χ0) is 50.2. The van der Waals surface area contributed by atoms with Crippen molar-refractivity contribution in [3.8, 4) is 11.1 Å². The standard InChI is InChI=1S/C23H17FN6O.C15H10BrFN4O.C14H19BN2O2/c1-28-12-18-17(3-2-4-20(18)27-28)14-5-6-15(19(24)9-14)10-29-11-16-7-8-21-26-25-13-30(21)22(16)23(29)31;16-11-3-1-9(12(17)5-11)6-20-7-10-2-4-13-19-18-8-21(13)14(10)15(20)22;1-13(2)14(3,4)19-15(18-13)11-7-6-8-12-10(11)9-17(5)16-12/h2-9,12-13H,10-11H2,1H3;1-5,8H,6-7H2;6-9H,1-5H3. The summed E-state index contributed by atoms with van der Waals surface area (Å²) in [5, 5.41) is 26.5. The predicted molar refractivity (Wildman–Crippen MR) is 270 cm³/mol. The maximum Gasteiger partial charge on any atom is 0.495 e. The largest absolute Gasteiger partial charge is 0.495 e. The third-order valence-electron chi connectivity index (χ3n) is 13.8. The highest BCUT2D eigenvalue weighted by Crippen LogP contribution is 2.37. The lowest BCUT2D eigenvalue weighted by molar-refractivity contribution is 0.00578. The van der Waals surface area contributed by atoms with E-state index in [2.05, 4.69) is 74.2 Å². The van der Waals surface area contributed by atoms with Crippen molar-refractivity contribution in [3.05, 3.63) is 172 Å². The summed E-state index contributed by atoms with van der Waals surface area (Å²) in [4.78, 5) is 28.9. The third-order valence-corrected chi connectivity index (χ3v) is 14.3. The highest BCUT2D eigenvalue weighted by Gasteiger charge is 2.52. The Labute approximate surface area is 420 Å². The Morgan fingerprint density at radius 2 is 1.15 bits per heavy atom. The fraction of sp³-hybridized carbons (Fsp3) is 0.231. The summed E-state index contributed by atoms with van der Waals surface area (Å²) in [5.41, 5.74) is 9.05. The summed E-state index contributed by atoms with van der Waals surface area (Å²) in [7, 11) is 3.46. The Morgan fingerprint density at radius 1 is 0.639 bits per heavy atom. The summed E-state index contributed by atoms with van der Waals surface area (Å²) in [5.74, 6) is -0.948. The van der Waals surface area contributed by atoms with E-state index in [1.807, 2.05) is 97.9 Å². The second-order valence-electron chi connectivity index (χ2n) is 19.1. The van der Waals surface area contributed by atoms with Gasteiger partial charge in [0.05, 0.1) is 22.2 Å². The van der Waals surface area contributed by atoms with Gasteiger partial charge in [-0.15, -0.1) is 20.4 Å². The Hall–Kier alpha value is -7.68. The van der Waals surface area contributed by atoms with Crippen LogP contribution in [0.15, 0.2) is 127 Å². The molecule has 0 saturated carbocycles. The van der Waals surface area contributed by atoms with E-state index < -0.39 is 0 Å². The third kappa shape index (κ3) is 8.37. The molecule has 72 heavy (non-hydrogen) atoms. The number of pyridine rings is 2. The van der Waals surface area contributed by atoms with Crippen molar-refractivity contribution in [3.63, 3.8) is 0 Å². The summed E-state index contributed by atoms with van der Waals surface area (Å²) in [6, 6.07) is 29.3. The lowest BCUT2D eigenvalue weighted by Gasteiger charge is -2.32. The van der Waals surface area contributed by atoms with Crippen molar-refractivity contribution >= 4 is 73.4 Å². The molecule has 0 radical (unpaired) electrons. The van der Waals surface area contributed by atoms with E-state index in [-0.39, 0.29) is 54.9 Å². The van der Waals surface area contributed by atoms with Crippen LogP contribution in [0.2, 0.25) is 0 Å². The number of fused-ring (bicyclic) bond motifs is 8. The van der Waals surface area contributed by atoms with Gasteiger partial charge in [-0.05, 0) is 86.7 Å². The summed E-state index contributed by atoms with van der Waals surface area (Å²) in [6.45, 7) is 9.58. The molecule has 0 aliphatic carbocycles. The molecule has 0 spiro atoms. The molecule has 16 nitrogen and oxygen atoms in total. The van der Waals surface area contributed by atoms with Gasteiger partial charge >= 0.3 is 7.12 Å². The molecule has 3 aliphatic rings. The molecule has 2 amide bonds. The number of carbonyl (C=O) groups excluding carboxylic acids is 2. The average molecular weight is 1030 g/mol. The summed E-state index contributed by atoms with van der Waals surface area (Å²) >= 11 is 3.23. The van der Waals surface area contributed by atoms with Crippen molar-refractivity contribution in [2.75, 3.05) is 0 Å². The predicted octanol–water partition coefficient (Wildman–Crippen LogP) is 8.24. The number of halogens is 3. The van der Waals surface area contributed by atoms with Crippen LogP contribution in [0.4, 0.5) is 8.78 Å². The molecule has 3 aliphatic heterocycles. The van der Waals surface area contributed by atoms with Crippen molar-refractivity contribution < 1.29 is 27.7 Å². The minimum atomic E-state index is -0.336. The van der Waals surface area contributed by atoms with Crippen LogP contribution in [0, 0.1) is 11.6 Å². The zero-order valence-electron chi connectivity index (χ0n) is 40.1. The van der Waals surface area contributed by atoms with Crippen LogP contribution in [-0.4, -0.2) is 88.7 Å². The number of carbonyl (C=O) groups is 2. The van der Waals surface area contributed by atoms with Crippen LogP contribution >= 0.6 is 15.9 Å². The van der Waals surface area contributed by atoms with Gasteiger partial charge in [-0.3, -0.25) is 27.8 Å². The van der Waals surface area contributed by atoms with E-state index in [1.54, 1.807) is 41.5 Å². The molecule has 0 atom stereocenters. The normalized spacial score (nSPS) is 15.7. The molecule has 362 valence electrons. The Balaban J connectivity index is 0.000000121. The van der Waals surface area contributed by atoms with Gasteiger partial charge in [-0.2, -0.15) is 10.2 Å². The smallest absolute Gasteiger partial charge is 0.399 e. The molecule has 4 aromatic carbocycles. The first-order chi connectivity index (χ1) is 34.5. The molecule has 0 N–H and O–H groups in total. The first-order valence-corrected chi connectivity index (χ1v) is 24.0. The lowest BCUT2D eigenvalue weighted by Crippen LogP contribution is -2.41. The van der Waals surface area contributed by atoms with Gasteiger partial charge in [0.2, 0.25) is 0 Å². The number of benzene rings is 4. The Morgan fingerprint density at radius 3 is 1.71 bits per heavy atom. The number of rotatable bonds is 6. The molecule has 0 bridgehead atoms. The summed E-state index contributed by atoms with van der Waals surface area (Å²) in [6.07, 6.45) is 7.00. The van der Waals surface area contributed by atoms with Gasteiger partial charge in [0.15, 0.2) is 11.3 Å². The van der Waals surface area contributed by atoms with E-state index in [1.165, 1.54) is 24.8 Å². The van der Waals surface area contributed by atoms with Crippen LogP contribution in [0.3, 0.4) is 0 Å². The first kappa shape index (κ1) is 46.7. The maximum absolute atomic E-state index is 15.1. The quantitative estimate of drug-likeness (QED) is 0.149. The van der Waals surface area contributed by atoms with E-state index >= 15 is 4.39 Å². The first-order valence-electron chi connectivity index (χ1n) is 23.2. The molecule has 1 fully saturated rings. The fourth-order valence-corrected chi connectivity index (χ4v) is 9.73. The molecule has 13 rings (SSSR count). The average Bonchev–Trinajstić information content (AvgIpc) is 4.22. The van der Waals surface area contributed by atoms with Crippen LogP contribution in [0.5, 0.6) is 0 Å². The minimum Gasteiger partial charge on any atom is -0.399 e. The van der Waals surface area contributed by atoms with Gasteiger partial charge in [0.25, 0.3) is 11.8 Å². The van der Waals surface area contributed by atoms with E-state index in [4.69, 9.17) is 9.31 Å². The maximum atomic E-state index is 15.1. The van der Waals surface area contributed by atoms with Crippen LogP contribution < -0.4 is 5.46 Å². The van der Waals surface area contributed by atoms with Gasteiger partial charge in [0, 0.05) is 90.2 Å². The topological polar surface area (TPSA) is 155 Å². The molecule has 1 saturated heterocycles. The van der Waals surface area contributed by atoms with Gasteiger partial charge in [-0.1, -0.05) is 70.5 Å². The SMILES string of the molecule is Cn1cc2c(-c3ccc(CN4Cc5ccc6nncn6c5C4=O)c(F)c3)cccc2n1.Cn1cc2c(B3OC(C)(C)C(C)(C)O3)cccc2n1.O=C1c2c(ccc3nncn23)CN1Cc1ccc(Br)cc1F. The number of aryl methyl sites for hydroxylation is 2. The lowest BCUT2D eigenvalue weighted by atomic mass is 9.77. The Bertz CT molecular complexity index is 3780. The highest BCUT2D eigenvalue weighted by atomic mass is 79.9. The molecule has 6 aromatic heterocycles. The molecule has 9 heterocycles. The number of aromatic nitrogens is 10. The number of nitrogens with zero attached hydrogens (tertiary/aromatic N) is 12. The summed E-state index contributed by atoms with van der Waals surface area (Å²) < 4.78 is 48.9. The van der Waals surface area contributed by atoms with E-state index in [0.29, 0.717) is 51.4 Å². The highest BCUT2D eigenvalue weighted by molar-refractivity contribution is 9.10.